The fraction of sp³-hybridized carbons (Fsp3) is 0.111. The quantitative estimate of drug-likeness (QED) is 0.290. The minimum atomic E-state index is -4.73. The molecule has 2 aromatic rings. The fourth-order valence-corrected chi connectivity index (χ4v) is 2.46. The SMILES string of the molecule is COc1ccc([N+](=O)[O-])cc1N/C=C(/C#N)C(=O)Nc1ccc(Cl)c(C(F)(F)F)c1. The molecule has 0 spiro atoms. The van der Waals surface area contributed by atoms with Crippen molar-refractivity contribution in [2.45, 2.75) is 6.18 Å². The van der Waals surface area contributed by atoms with Gasteiger partial charge in [-0.2, -0.15) is 18.4 Å². The molecular formula is C18H12ClF3N4O4. The maximum absolute atomic E-state index is 12.9. The number of nitro groups is 1. The minimum absolute atomic E-state index is 0.0955. The van der Waals surface area contributed by atoms with E-state index in [4.69, 9.17) is 16.3 Å². The summed E-state index contributed by atoms with van der Waals surface area (Å²) in [5.74, 6) is -0.813. The zero-order valence-corrected chi connectivity index (χ0v) is 15.8. The highest BCUT2D eigenvalue weighted by Gasteiger charge is 2.33. The second kappa shape index (κ2) is 9.15. The highest BCUT2D eigenvalue weighted by atomic mass is 35.5. The van der Waals surface area contributed by atoms with Crippen molar-refractivity contribution in [1.82, 2.24) is 0 Å². The number of ether oxygens (including phenoxy) is 1. The van der Waals surface area contributed by atoms with Gasteiger partial charge in [0.05, 0.1) is 28.3 Å². The van der Waals surface area contributed by atoms with Crippen LogP contribution in [0.1, 0.15) is 5.56 Å². The van der Waals surface area contributed by atoms with Crippen LogP contribution in [0.5, 0.6) is 5.75 Å². The Hall–Kier alpha value is -3.78. The number of hydrogen-bond donors (Lipinski definition) is 2. The van der Waals surface area contributed by atoms with E-state index in [1.54, 1.807) is 6.07 Å². The third kappa shape index (κ3) is 5.39. The monoisotopic (exact) mass is 440 g/mol. The molecule has 0 aliphatic heterocycles. The van der Waals surface area contributed by atoms with Crippen LogP contribution in [0.25, 0.3) is 0 Å². The molecule has 1 amide bonds. The first-order chi connectivity index (χ1) is 14.1. The van der Waals surface area contributed by atoms with Crippen molar-refractivity contribution in [2.75, 3.05) is 17.7 Å². The zero-order valence-electron chi connectivity index (χ0n) is 15.1. The van der Waals surface area contributed by atoms with Gasteiger partial charge in [0.2, 0.25) is 0 Å². The maximum atomic E-state index is 12.9. The summed E-state index contributed by atoms with van der Waals surface area (Å²) in [6.45, 7) is 0. The van der Waals surface area contributed by atoms with E-state index in [-0.39, 0.29) is 22.8 Å². The summed E-state index contributed by atoms with van der Waals surface area (Å²) in [5, 5.41) is 24.2. The third-order valence-electron chi connectivity index (χ3n) is 3.66. The lowest BCUT2D eigenvalue weighted by molar-refractivity contribution is -0.384. The second-order valence-corrected chi connectivity index (χ2v) is 6.01. The Balaban J connectivity index is 2.26. The molecule has 0 saturated heterocycles. The molecule has 30 heavy (non-hydrogen) atoms. The number of hydrogen-bond acceptors (Lipinski definition) is 6. The van der Waals surface area contributed by atoms with Crippen molar-refractivity contribution in [3.05, 3.63) is 68.9 Å². The Morgan fingerprint density at radius 1 is 1.30 bits per heavy atom. The fourth-order valence-electron chi connectivity index (χ4n) is 2.24. The Labute approximate surface area is 172 Å². The van der Waals surface area contributed by atoms with Crippen LogP contribution in [0.15, 0.2) is 48.2 Å². The molecule has 12 heteroatoms. The number of benzene rings is 2. The van der Waals surface area contributed by atoms with Crippen LogP contribution in [-0.2, 0) is 11.0 Å². The molecule has 0 aliphatic rings. The van der Waals surface area contributed by atoms with Gasteiger partial charge in [0.1, 0.15) is 17.4 Å². The molecule has 0 atom stereocenters. The maximum Gasteiger partial charge on any atom is 0.417 e. The van der Waals surface area contributed by atoms with Crippen molar-refractivity contribution in [2.24, 2.45) is 0 Å². The number of carbonyl (C=O) groups is 1. The highest BCUT2D eigenvalue weighted by molar-refractivity contribution is 6.31. The van der Waals surface area contributed by atoms with Gasteiger partial charge in [-0.05, 0) is 24.3 Å². The summed E-state index contributed by atoms with van der Waals surface area (Å²) in [6, 6.07) is 7.95. The molecule has 0 radical (unpaired) electrons. The predicted molar refractivity (Wildman–Crippen MR) is 102 cm³/mol. The first-order valence-corrected chi connectivity index (χ1v) is 8.32. The summed E-state index contributed by atoms with van der Waals surface area (Å²) >= 11 is 5.52. The molecule has 0 saturated carbocycles. The third-order valence-corrected chi connectivity index (χ3v) is 3.99. The van der Waals surface area contributed by atoms with Gasteiger partial charge in [-0.25, -0.2) is 0 Å². The number of rotatable bonds is 6. The van der Waals surface area contributed by atoms with Crippen molar-refractivity contribution in [3.8, 4) is 11.8 Å². The molecule has 0 aliphatic carbocycles. The molecule has 156 valence electrons. The van der Waals surface area contributed by atoms with E-state index in [9.17, 15) is 33.3 Å². The average molecular weight is 441 g/mol. The number of anilines is 2. The molecule has 0 fully saturated rings. The van der Waals surface area contributed by atoms with E-state index >= 15 is 0 Å². The first kappa shape index (κ1) is 22.5. The van der Waals surface area contributed by atoms with Crippen LogP contribution in [0, 0.1) is 21.4 Å². The van der Waals surface area contributed by atoms with Crippen LogP contribution in [-0.4, -0.2) is 17.9 Å². The Kier molecular flexibility index (Phi) is 6.86. The van der Waals surface area contributed by atoms with Gasteiger partial charge >= 0.3 is 6.18 Å². The van der Waals surface area contributed by atoms with Crippen molar-refractivity contribution in [3.63, 3.8) is 0 Å². The number of methoxy groups -OCH3 is 1. The van der Waals surface area contributed by atoms with E-state index < -0.39 is 33.2 Å². The predicted octanol–water partition coefficient (Wildman–Crippen LogP) is 4.73. The van der Waals surface area contributed by atoms with Crippen LogP contribution < -0.4 is 15.4 Å². The smallest absolute Gasteiger partial charge is 0.417 e. The van der Waals surface area contributed by atoms with E-state index in [0.29, 0.717) is 6.07 Å². The van der Waals surface area contributed by atoms with Gasteiger partial charge in [-0.15, -0.1) is 0 Å². The van der Waals surface area contributed by atoms with Crippen molar-refractivity contribution in [1.29, 1.82) is 5.26 Å². The molecule has 0 unspecified atom stereocenters. The molecule has 0 bridgehead atoms. The summed E-state index contributed by atoms with van der Waals surface area (Å²) < 4.78 is 43.8. The number of carbonyl (C=O) groups excluding carboxylic acids is 1. The van der Waals surface area contributed by atoms with E-state index in [0.717, 1.165) is 24.4 Å². The van der Waals surface area contributed by atoms with Crippen LogP contribution >= 0.6 is 11.6 Å². The number of halogens is 4. The molecule has 0 heterocycles. The van der Waals surface area contributed by atoms with Crippen molar-refractivity contribution < 1.29 is 27.6 Å². The van der Waals surface area contributed by atoms with Crippen molar-refractivity contribution >= 4 is 34.6 Å². The number of nitrogens with one attached hydrogen (secondary N) is 2. The normalized spacial score (nSPS) is 11.4. The number of amides is 1. The van der Waals surface area contributed by atoms with Gasteiger partial charge in [0.25, 0.3) is 11.6 Å². The number of nitrogens with zero attached hydrogens (tertiary/aromatic N) is 2. The topological polar surface area (TPSA) is 117 Å². The second-order valence-electron chi connectivity index (χ2n) is 5.60. The Bertz CT molecular complexity index is 1060. The lowest BCUT2D eigenvalue weighted by atomic mass is 10.2. The Morgan fingerprint density at radius 3 is 2.57 bits per heavy atom. The Morgan fingerprint density at radius 2 is 2.00 bits per heavy atom. The summed E-state index contributed by atoms with van der Waals surface area (Å²) in [4.78, 5) is 22.5. The van der Waals surface area contributed by atoms with E-state index in [1.165, 1.54) is 19.2 Å². The molecule has 8 nitrogen and oxygen atoms in total. The number of non-ortho nitro benzene ring substituents is 1. The average Bonchev–Trinajstić information content (AvgIpc) is 2.68. The largest absolute Gasteiger partial charge is 0.495 e. The minimum Gasteiger partial charge on any atom is -0.495 e. The lowest BCUT2D eigenvalue weighted by Crippen LogP contribution is -2.15. The summed E-state index contributed by atoms with van der Waals surface area (Å²) in [6.07, 6.45) is -3.79. The molecule has 2 aromatic carbocycles. The summed E-state index contributed by atoms with van der Waals surface area (Å²) in [5.41, 5.74) is -2.06. The van der Waals surface area contributed by atoms with Gasteiger partial charge in [-0.1, -0.05) is 11.6 Å². The van der Waals surface area contributed by atoms with Crippen LogP contribution in [0.2, 0.25) is 5.02 Å². The number of alkyl halides is 3. The van der Waals surface area contributed by atoms with Gasteiger partial charge < -0.3 is 15.4 Å². The summed E-state index contributed by atoms with van der Waals surface area (Å²) in [7, 11) is 1.31. The lowest BCUT2D eigenvalue weighted by Gasteiger charge is -2.12. The van der Waals surface area contributed by atoms with E-state index in [2.05, 4.69) is 10.6 Å². The van der Waals surface area contributed by atoms with Gasteiger partial charge in [0, 0.05) is 24.0 Å². The first-order valence-electron chi connectivity index (χ1n) is 7.94. The number of nitro benzene ring substituents is 1. The zero-order chi connectivity index (χ0) is 22.5. The molecule has 2 rings (SSSR count). The number of nitriles is 1. The van der Waals surface area contributed by atoms with Gasteiger partial charge in [-0.3, -0.25) is 14.9 Å². The molecule has 0 aromatic heterocycles. The molecule has 2 N–H and O–H groups in total. The highest BCUT2D eigenvalue weighted by Crippen LogP contribution is 2.36. The van der Waals surface area contributed by atoms with Crippen LogP contribution in [0.4, 0.5) is 30.2 Å². The molecular weight excluding hydrogens is 429 g/mol. The van der Waals surface area contributed by atoms with Gasteiger partial charge in [0.15, 0.2) is 0 Å². The standard InChI is InChI=1S/C18H12ClF3N4O4/c1-30-16-5-3-12(26(28)29)7-15(16)24-9-10(8-23)17(27)25-11-2-4-14(19)13(6-11)18(20,21)22/h2-7,9,24H,1H3,(H,25,27)/b10-9-. The van der Waals surface area contributed by atoms with E-state index in [1.807, 2.05) is 0 Å². The van der Waals surface area contributed by atoms with Crippen LogP contribution in [0.3, 0.4) is 0 Å².